The summed E-state index contributed by atoms with van der Waals surface area (Å²) in [7, 11) is 1.50. The van der Waals surface area contributed by atoms with Crippen molar-refractivity contribution in [1.82, 2.24) is 14.2 Å². The summed E-state index contributed by atoms with van der Waals surface area (Å²) in [6.45, 7) is 3.62. The fourth-order valence-electron chi connectivity index (χ4n) is 3.59. The summed E-state index contributed by atoms with van der Waals surface area (Å²) in [6, 6.07) is 15.0. The molecular formula is C26H33N3O4S. The molecular weight excluding hydrogens is 450 g/mol. The van der Waals surface area contributed by atoms with Gasteiger partial charge in [-0.1, -0.05) is 36.4 Å². The van der Waals surface area contributed by atoms with Crippen LogP contribution in [-0.4, -0.2) is 76.2 Å². The quantitative estimate of drug-likeness (QED) is 0.389. The van der Waals surface area contributed by atoms with Crippen LogP contribution in [0.1, 0.15) is 12.5 Å². The maximum atomic E-state index is 13.6. The van der Waals surface area contributed by atoms with Gasteiger partial charge in [-0.2, -0.15) is 4.31 Å². The lowest BCUT2D eigenvalue weighted by atomic mass is 10.1. The largest absolute Gasteiger partial charge is 0.497 e. The summed E-state index contributed by atoms with van der Waals surface area (Å²) in [5, 5.41) is 1.47. The molecule has 0 fully saturated rings. The predicted molar refractivity (Wildman–Crippen MR) is 136 cm³/mol. The highest BCUT2D eigenvalue weighted by Gasteiger charge is 2.26. The summed E-state index contributed by atoms with van der Waals surface area (Å²) in [4.78, 5) is 6.53. The third kappa shape index (κ3) is 6.42. The zero-order chi connectivity index (χ0) is 24.6. The van der Waals surface area contributed by atoms with Crippen LogP contribution in [0, 0.1) is 0 Å². The molecule has 0 amide bonds. The van der Waals surface area contributed by atoms with Crippen LogP contribution in [0.2, 0.25) is 0 Å². The maximum Gasteiger partial charge on any atom is 0.243 e. The molecule has 0 bridgehead atoms. The number of ether oxygens (including phenoxy) is 2. The number of methoxy groups -OCH3 is 2. The summed E-state index contributed by atoms with van der Waals surface area (Å²) >= 11 is 0. The molecule has 1 atom stereocenters. The Kier molecular flexibility index (Phi) is 9.18. The first kappa shape index (κ1) is 25.8. The fraction of sp³-hybridized carbons (Fsp3) is 0.346. The fourth-order valence-corrected chi connectivity index (χ4v) is 5.22. The Bertz CT molecular complexity index is 1190. The number of rotatable bonds is 12. The molecule has 0 aliphatic heterocycles. The monoisotopic (exact) mass is 483 g/mol. The molecule has 0 saturated heterocycles. The summed E-state index contributed by atoms with van der Waals surface area (Å²) in [6.07, 6.45) is 7.46. The maximum absolute atomic E-state index is 13.6. The lowest BCUT2D eigenvalue weighted by Crippen LogP contribution is -2.41. The molecule has 0 aliphatic carbocycles. The minimum Gasteiger partial charge on any atom is -0.497 e. The van der Waals surface area contributed by atoms with Gasteiger partial charge >= 0.3 is 0 Å². The van der Waals surface area contributed by atoms with E-state index in [1.54, 1.807) is 44.8 Å². The van der Waals surface area contributed by atoms with Gasteiger partial charge in [0.15, 0.2) is 0 Å². The van der Waals surface area contributed by atoms with Crippen LogP contribution in [0.4, 0.5) is 0 Å². The smallest absolute Gasteiger partial charge is 0.243 e. The molecule has 0 saturated carbocycles. The van der Waals surface area contributed by atoms with E-state index in [1.165, 1.54) is 4.31 Å². The molecule has 2 aromatic carbocycles. The predicted octanol–water partition coefficient (Wildman–Crippen LogP) is 3.91. The van der Waals surface area contributed by atoms with E-state index >= 15 is 0 Å². The first-order valence-corrected chi connectivity index (χ1v) is 12.6. The molecule has 182 valence electrons. The van der Waals surface area contributed by atoms with Gasteiger partial charge in [-0.05, 0) is 43.8 Å². The van der Waals surface area contributed by atoms with Crippen molar-refractivity contribution < 1.29 is 17.9 Å². The Hall–Kier alpha value is -2.78. The van der Waals surface area contributed by atoms with Crippen molar-refractivity contribution in [3.63, 3.8) is 0 Å². The number of hydrogen-bond acceptors (Lipinski definition) is 6. The van der Waals surface area contributed by atoms with Crippen molar-refractivity contribution in [1.29, 1.82) is 0 Å². The number of sulfonamides is 1. The number of benzene rings is 2. The standard InChI is InChI=1S/C26H33N3O4S/c1-21(8-9-22-10-12-24(33-4)13-11-22)28(2)16-17-29(18-19-32-3)34(30,31)26-7-5-6-23-20-27-15-14-25(23)26/h5-15,20-21H,16-19H2,1-4H3. The van der Waals surface area contributed by atoms with Crippen LogP contribution in [0.3, 0.4) is 0 Å². The molecule has 0 N–H and O–H groups in total. The van der Waals surface area contributed by atoms with Gasteiger partial charge in [0.05, 0.1) is 18.6 Å². The summed E-state index contributed by atoms with van der Waals surface area (Å²) < 4.78 is 39.1. The van der Waals surface area contributed by atoms with Gasteiger partial charge in [0.1, 0.15) is 5.75 Å². The van der Waals surface area contributed by atoms with Crippen LogP contribution in [-0.2, 0) is 14.8 Å². The molecule has 1 aromatic heterocycles. The molecule has 34 heavy (non-hydrogen) atoms. The molecule has 1 heterocycles. The van der Waals surface area contributed by atoms with Crippen LogP contribution in [0.25, 0.3) is 16.8 Å². The van der Waals surface area contributed by atoms with Crippen molar-refractivity contribution >= 4 is 26.9 Å². The van der Waals surface area contributed by atoms with Crippen molar-refractivity contribution in [2.45, 2.75) is 17.9 Å². The van der Waals surface area contributed by atoms with E-state index in [2.05, 4.69) is 29.0 Å². The highest BCUT2D eigenvalue weighted by Crippen LogP contribution is 2.25. The van der Waals surface area contributed by atoms with Crippen molar-refractivity contribution in [2.24, 2.45) is 0 Å². The van der Waals surface area contributed by atoms with Gasteiger partial charge in [0.2, 0.25) is 10.0 Å². The van der Waals surface area contributed by atoms with Crippen molar-refractivity contribution in [3.8, 4) is 5.75 Å². The second-order valence-electron chi connectivity index (χ2n) is 8.10. The van der Waals surface area contributed by atoms with Crippen molar-refractivity contribution in [2.75, 3.05) is 47.5 Å². The van der Waals surface area contributed by atoms with Crippen molar-refractivity contribution in [3.05, 3.63) is 72.6 Å². The highest BCUT2D eigenvalue weighted by atomic mass is 32.2. The summed E-state index contributed by atoms with van der Waals surface area (Å²) in [5.41, 5.74) is 1.08. The first-order valence-electron chi connectivity index (χ1n) is 11.2. The van der Waals surface area contributed by atoms with E-state index in [-0.39, 0.29) is 12.6 Å². The molecule has 1 unspecified atom stereocenters. The minimum atomic E-state index is -3.71. The lowest BCUT2D eigenvalue weighted by molar-refractivity contribution is 0.172. The zero-order valence-corrected chi connectivity index (χ0v) is 21.0. The number of nitrogens with zero attached hydrogens (tertiary/aromatic N) is 3. The number of fused-ring (bicyclic) bond motifs is 1. The van der Waals surface area contributed by atoms with Crippen LogP contribution < -0.4 is 4.74 Å². The zero-order valence-electron chi connectivity index (χ0n) is 20.2. The second-order valence-corrected chi connectivity index (χ2v) is 10.0. The Morgan fingerprint density at radius 3 is 2.50 bits per heavy atom. The van der Waals surface area contributed by atoms with Gasteiger partial charge in [-0.3, -0.25) is 9.88 Å². The molecule has 3 rings (SSSR count). The molecule has 0 aliphatic rings. The van der Waals surface area contributed by atoms with Gasteiger partial charge < -0.3 is 9.47 Å². The minimum absolute atomic E-state index is 0.123. The van der Waals surface area contributed by atoms with Gasteiger partial charge in [0, 0.05) is 56.0 Å². The Morgan fingerprint density at radius 2 is 1.79 bits per heavy atom. The van der Waals surface area contributed by atoms with Gasteiger partial charge in [-0.15, -0.1) is 0 Å². The lowest BCUT2D eigenvalue weighted by Gasteiger charge is -2.27. The van der Waals surface area contributed by atoms with E-state index in [9.17, 15) is 8.42 Å². The van der Waals surface area contributed by atoms with E-state index in [1.807, 2.05) is 37.4 Å². The van der Waals surface area contributed by atoms with E-state index in [0.29, 0.717) is 30.0 Å². The number of likely N-dealkylation sites (N-methyl/N-ethyl adjacent to an activating group) is 1. The first-order chi connectivity index (χ1) is 16.4. The topological polar surface area (TPSA) is 72.0 Å². The Morgan fingerprint density at radius 1 is 1.03 bits per heavy atom. The SMILES string of the molecule is COCCN(CCN(C)C(C)C=Cc1ccc(OC)cc1)S(=O)(=O)c1cccc2cnccc12. The number of hydrogen-bond donors (Lipinski definition) is 0. The number of aromatic nitrogens is 1. The highest BCUT2D eigenvalue weighted by molar-refractivity contribution is 7.89. The third-order valence-electron chi connectivity index (χ3n) is 5.88. The third-order valence-corrected chi connectivity index (χ3v) is 7.84. The average molecular weight is 484 g/mol. The molecule has 0 spiro atoms. The normalized spacial score (nSPS) is 13.2. The van der Waals surface area contributed by atoms with E-state index in [4.69, 9.17) is 9.47 Å². The Balaban J connectivity index is 1.72. The van der Waals surface area contributed by atoms with E-state index in [0.717, 1.165) is 16.7 Å². The molecule has 3 aromatic rings. The molecule has 8 heteroatoms. The molecule has 7 nitrogen and oxygen atoms in total. The summed E-state index contributed by atoms with van der Waals surface area (Å²) in [5.74, 6) is 0.821. The second kappa shape index (κ2) is 12.1. The van der Waals surface area contributed by atoms with E-state index < -0.39 is 10.0 Å². The average Bonchev–Trinajstić information content (AvgIpc) is 2.86. The van der Waals surface area contributed by atoms with Gasteiger partial charge in [-0.25, -0.2) is 8.42 Å². The molecule has 0 radical (unpaired) electrons. The van der Waals surface area contributed by atoms with Crippen LogP contribution in [0.5, 0.6) is 5.75 Å². The van der Waals surface area contributed by atoms with Crippen LogP contribution >= 0.6 is 0 Å². The number of pyridine rings is 1. The van der Waals surface area contributed by atoms with Gasteiger partial charge in [0.25, 0.3) is 0 Å². The Labute approximate surface area is 202 Å². The van der Waals surface area contributed by atoms with Crippen LogP contribution in [0.15, 0.2) is 71.9 Å².